The Bertz CT molecular complexity index is 1380. The largest absolute Gasteiger partial charge is 0.416 e. The number of nitrogens with zero attached hydrogens (tertiary/aromatic N) is 6. The number of nitrogens with one attached hydrogen (secondary N) is 1. The quantitative estimate of drug-likeness (QED) is 0.456. The van der Waals surface area contributed by atoms with Gasteiger partial charge < -0.3 is 9.73 Å². The molecule has 0 saturated carbocycles. The minimum Gasteiger partial charge on any atom is -0.416 e. The van der Waals surface area contributed by atoms with Gasteiger partial charge in [-0.3, -0.25) is 4.79 Å². The molecule has 0 aliphatic rings. The van der Waals surface area contributed by atoms with E-state index in [4.69, 9.17) is 4.42 Å². The van der Waals surface area contributed by atoms with Crippen LogP contribution in [0, 0.1) is 6.92 Å². The number of carbonyl (C=O) groups excluding carboxylic acids is 1. The van der Waals surface area contributed by atoms with Crippen LogP contribution in [0.2, 0.25) is 0 Å². The van der Waals surface area contributed by atoms with Gasteiger partial charge in [-0.2, -0.15) is 5.10 Å². The summed E-state index contributed by atoms with van der Waals surface area (Å²) in [6.07, 6.45) is 4.54. The van der Waals surface area contributed by atoms with Crippen LogP contribution in [0.15, 0.2) is 83.9 Å². The van der Waals surface area contributed by atoms with Crippen LogP contribution < -0.4 is 5.32 Å². The van der Waals surface area contributed by atoms with Crippen molar-refractivity contribution in [3.8, 4) is 28.7 Å². The molecule has 32 heavy (non-hydrogen) atoms. The van der Waals surface area contributed by atoms with Crippen LogP contribution in [-0.2, 0) is 0 Å². The highest BCUT2D eigenvalue weighted by molar-refractivity contribution is 6.05. The highest BCUT2D eigenvalue weighted by atomic mass is 16.4. The number of aryl methyl sites for hydroxylation is 1. The Morgan fingerprint density at radius 1 is 0.969 bits per heavy atom. The van der Waals surface area contributed by atoms with Gasteiger partial charge in [-0.05, 0) is 55.0 Å². The van der Waals surface area contributed by atoms with Gasteiger partial charge in [-0.1, -0.05) is 18.2 Å². The van der Waals surface area contributed by atoms with Crippen molar-refractivity contribution in [2.45, 2.75) is 6.92 Å². The lowest BCUT2D eigenvalue weighted by Crippen LogP contribution is -2.14. The molecule has 0 saturated heterocycles. The molecule has 0 aliphatic carbocycles. The van der Waals surface area contributed by atoms with Crippen LogP contribution in [0.3, 0.4) is 0 Å². The maximum Gasteiger partial charge on any atom is 0.255 e. The summed E-state index contributed by atoms with van der Waals surface area (Å²) >= 11 is 0. The first kappa shape index (κ1) is 19.3. The lowest BCUT2D eigenvalue weighted by atomic mass is 10.1. The van der Waals surface area contributed by atoms with Gasteiger partial charge in [0.15, 0.2) is 5.82 Å². The van der Waals surface area contributed by atoms with Crippen LogP contribution in [0.1, 0.15) is 15.9 Å². The molecule has 0 unspecified atom stereocenters. The number of anilines is 1. The maximum atomic E-state index is 12.8. The van der Waals surface area contributed by atoms with E-state index in [0.717, 1.165) is 16.7 Å². The number of amides is 1. The zero-order valence-corrected chi connectivity index (χ0v) is 17.0. The molecule has 0 fully saturated rings. The Morgan fingerprint density at radius 3 is 2.56 bits per heavy atom. The molecule has 156 valence electrons. The summed E-state index contributed by atoms with van der Waals surface area (Å²) in [6, 6.07) is 18.2. The molecule has 5 aromatic rings. The molecular weight excluding hydrogens is 406 g/mol. The van der Waals surface area contributed by atoms with Crippen molar-refractivity contribution in [2.24, 2.45) is 0 Å². The number of carbonyl (C=O) groups is 1. The lowest BCUT2D eigenvalue weighted by molar-refractivity contribution is 0.102. The number of hydrogen-bond donors (Lipinski definition) is 1. The second kappa shape index (κ2) is 8.23. The summed E-state index contributed by atoms with van der Waals surface area (Å²) in [5, 5.41) is 15.2. The molecule has 9 nitrogen and oxygen atoms in total. The molecule has 0 spiro atoms. The minimum atomic E-state index is -0.281. The van der Waals surface area contributed by atoms with Crippen molar-refractivity contribution < 1.29 is 9.21 Å². The molecule has 0 aliphatic heterocycles. The van der Waals surface area contributed by atoms with Crippen molar-refractivity contribution >= 4 is 11.6 Å². The lowest BCUT2D eigenvalue weighted by Gasteiger charge is -2.09. The first-order chi connectivity index (χ1) is 15.7. The molecule has 5 rings (SSSR count). The van der Waals surface area contributed by atoms with Gasteiger partial charge in [0, 0.05) is 22.9 Å². The molecule has 0 bridgehead atoms. The van der Waals surface area contributed by atoms with E-state index in [1.54, 1.807) is 42.6 Å². The SMILES string of the molecule is Cc1ccccc1-c1nnc(-c2ccc(C(=O)Nc3cccnc3-n3cncn3)cc2)o1. The smallest absolute Gasteiger partial charge is 0.255 e. The maximum absolute atomic E-state index is 12.8. The highest BCUT2D eigenvalue weighted by Crippen LogP contribution is 2.26. The fraction of sp³-hybridized carbons (Fsp3) is 0.0435. The Balaban J connectivity index is 1.35. The third-order valence-electron chi connectivity index (χ3n) is 4.87. The molecule has 2 aromatic carbocycles. The summed E-state index contributed by atoms with van der Waals surface area (Å²) in [6.45, 7) is 1.99. The van der Waals surface area contributed by atoms with Crippen molar-refractivity contribution in [3.63, 3.8) is 0 Å². The predicted molar refractivity (Wildman–Crippen MR) is 117 cm³/mol. The second-order valence-electron chi connectivity index (χ2n) is 6.97. The van der Waals surface area contributed by atoms with Crippen LogP contribution in [-0.4, -0.2) is 35.9 Å². The summed E-state index contributed by atoms with van der Waals surface area (Å²) in [5.41, 5.74) is 3.66. The van der Waals surface area contributed by atoms with E-state index >= 15 is 0 Å². The topological polar surface area (TPSA) is 112 Å². The van der Waals surface area contributed by atoms with Crippen molar-refractivity contribution in [3.05, 3.63) is 90.6 Å². The summed E-state index contributed by atoms with van der Waals surface area (Å²) in [4.78, 5) is 21.0. The molecule has 3 heterocycles. The van der Waals surface area contributed by atoms with Crippen LogP contribution in [0.4, 0.5) is 5.69 Å². The van der Waals surface area contributed by atoms with Gasteiger partial charge >= 0.3 is 0 Å². The Morgan fingerprint density at radius 2 is 1.78 bits per heavy atom. The van der Waals surface area contributed by atoms with E-state index in [2.05, 4.69) is 30.6 Å². The highest BCUT2D eigenvalue weighted by Gasteiger charge is 2.14. The molecular formula is C23H17N7O2. The second-order valence-corrected chi connectivity index (χ2v) is 6.97. The third-order valence-corrected chi connectivity index (χ3v) is 4.87. The number of hydrogen-bond acceptors (Lipinski definition) is 7. The summed E-state index contributed by atoms with van der Waals surface area (Å²) in [5.74, 6) is 1.04. The van der Waals surface area contributed by atoms with Crippen molar-refractivity contribution in [1.82, 2.24) is 29.9 Å². The average molecular weight is 423 g/mol. The van der Waals surface area contributed by atoms with Gasteiger partial charge in [-0.25, -0.2) is 14.6 Å². The fourth-order valence-electron chi connectivity index (χ4n) is 3.21. The molecule has 0 atom stereocenters. The molecule has 3 aromatic heterocycles. The number of rotatable bonds is 5. The zero-order chi connectivity index (χ0) is 21.9. The first-order valence-corrected chi connectivity index (χ1v) is 9.80. The van der Waals surface area contributed by atoms with Gasteiger partial charge in [0.25, 0.3) is 5.91 Å². The monoisotopic (exact) mass is 423 g/mol. The zero-order valence-electron chi connectivity index (χ0n) is 17.0. The van der Waals surface area contributed by atoms with E-state index in [9.17, 15) is 4.79 Å². The van der Waals surface area contributed by atoms with E-state index in [1.807, 2.05) is 31.2 Å². The number of benzene rings is 2. The van der Waals surface area contributed by atoms with E-state index in [0.29, 0.717) is 28.9 Å². The normalized spacial score (nSPS) is 10.8. The van der Waals surface area contributed by atoms with Crippen molar-refractivity contribution in [2.75, 3.05) is 5.32 Å². The van der Waals surface area contributed by atoms with E-state index < -0.39 is 0 Å². The van der Waals surface area contributed by atoms with E-state index in [-0.39, 0.29) is 5.91 Å². The Hall–Kier alpha value is -4.66. The predicted octanol–water partition coefficient (Wildman–Crippen LogP) is 3.94. The fourth-order valence-corrected chi connectivity index (χ4v) is 3.21. The molecule has 1 amide bonds. The Labute approximate surface area is 182 Å². The van der Waals surface area contributed by atoms with Gasteiger partial charge in [0.05, 0.1) is 5.69 Å². The Kier molecular flexibility index (Phi) is 4.97. The molecule has 9 heteroatoms. The van der Waals surface area contributed by atoms with E-state index in [1.165, 1.54) is 17.3 Å². The van der Waals surface area contributed by atoms with Gasteiger partial charge in [0.1, 0.15) is 12.7 Å². The average Bonchev–Trinajstić information content (AvgIpc) is 3.53. The van der Waals surface area contributed by atoms with Gasteiger partial charge in [-0.15, -0.1) is 10.2 Å². The van der Waals surface area contributed by atoms with Gasteiger partial charge in [0.2, 0.25) is 11.8 Å². The third kappa shape index (κ3) is 3.74. The van der Waals surface area contributed by atoms with Crippen LogP contribution in [0.5, 0.6) is 0 Å². The molecule has 0 radical (unpaired) electrons. The van der Waals surface area contributed by atoms with Crippen LogP contribution >= 0.6 is 0 Å². The number of aromatic nitrogens is 6. The van der Waals surface area contributed by atoms with Crippen LogP contribution in [0.25, 0.3) is 28.7 Å². The minimum absolute atomic E-state index is 0.281. The molecule has 1 N–H and O–H groups in total. The first-order valence-electron chi connectivity index (χ1n) is 9.80. The summed E-state index contributed by atoms with van der Waals surface area (Å²) in [7, 11) is 0. The summed E-state index contributed by atoms with van der Waals surface area (Å²) < 4.78 is 7.33. The standard InChI is InChI=1S/C23H17N7O2/c1-15-5-2-3-6-18(15)23-29-28-22(32-23)17-10-8-16(9-11-17)21(31)27-19-7-4-12-25-20(19)30-14-24-13-26-30/h2-14H,1H3,(H,27,31). The number of pyridine rings is 1. The van der Waals surface area contributed by atoms with Crippen molar-refractivity contribution in [1.29, 1.82) is 0 Å².